The van der Waals surface area contributed by atoms with Gasteiger partial charge in [0.1, 0.15) is 24.3 Å². The SMILES string of the molecule is C(=C\c1nc(COc2cccc(CCCCn3ccnc3)c2)co1)/c1ccccc1. The molecule has 0 aliphatic rings. The molecule has 5 heteroatoms. The van der Waals surface area contributed by atoms with Crippen LogP contribution in [0.2, 0.25) is 0 Å². The van der Waals surface area contributed by atoms with Gasteiger partial charge in [-0.15, -0.1) is 0 Å². The summed E-state index contributed by atoms with van der Waals surface area (Å²) < 4.78 is 13.5. The van der Waals surface area contributed by atoms with Crippen molar-refractivity contribution in [3.8, 4) is 5.75 Å². The second-order valence-electron chi connectivity index (χ2n) is 7.11. The maximum atomic E-state index is 5.92. The molecule has 0 saturated heterocycles. The summed E-state index contributed by atoms with van der Waals surface area (Å²) in [5, 5.41) is 0. The highest BCUT2D eigenvalue weighted by Crippen LogP contribution is 2.17. The Morgan fingerprint density at radius 3 is 2.80 bits per heavy atom. The lowest BCUT2D eigenvalue weighted by Gasteiger charge is -2.07. The first-order valence-electron chi connectivity index (χ1n) is 10.2. The van der Waals surface area contributed by atoms with Crippen LogP contribution < -0.4 is 4.74 Å². The predicted octanol–water partition coefficient (Wildman–Crippen LogP) is 5.64. The summed E-state index contributed by atoms with van der Waals surface area (Å²) in [6, 6.07) is 18.3. The highest BCUT2D eigenvalue weighted by atomic mass is 16.5. The van der Waals surface area contributed by atoms with Crippen LogP contribution in [-0.4, -0.2) is 14.5 Å². The van der Waals surface area contributed by atoms with Crippen LogP contribution in [0, 0.1) is 0 Å². The summed E-state index contributed by atoms with van der Waals surface area (Å²) in [6.45, 7) is 1.39. The summed E-state index contributed by atoms with van der Waals surface area (Å²) in [5.41, 5.74) is 3.16. The van der Waals surface area contributed by atoms with Crippen LogP contribution in [0.3, 0.4) is 0 Å². The normalized spacial score (nSPS) is 11.2. The van der Waals surface area contributed by atoms with Crippen molar-refractivity contribution in [2.45, 2.75) is 32.4 Å². The topological polar surface area (TPSA) is 53.1 Å². The fraction of sp³-hybridized carbons (Fsp3) is 0.200. The molecule has 0 N–H and O–H groups in total. The van der Waals surface area contributed by atoms with Gasteiger partial charge in [-0.25, -0.2) is 9.97 Å². The Balaban J connectivity index is 1.24. The molecule has 0 amide bonds. The van der Waals surface area contributed by atoms with E-state index in [9.17, 15) is 0 Å². The molecular weight excluding hydrogens is 374 g/mol. The average Bonchev–Trinajstić information content (AvgIpc) is 3.47. The van der Waals surface area contributed by atoms with Gasteiger partial charge >= 0.3 is 0 Å². The number of oxazole rings is 1. The third kappa shape index (κ3) is 5.95. The average molecular weight is 399 g/mol. The fourth-order valence-electron chi connectivity index (χ4n) is 3.19. The fourth-order valence-corrected chi connectivity index (χ4v) is 3.19. The van der Waals surface area contributed by atoms with E-state index >= 15 is 0 Å². The number of benzene rings is 2. The molecule has 152 valence electrons. The lowest BCUT2D eigenvalue weighted by molar-refractivity contribution is 0.300. The van der Waals surface area contributed by atoms with Crippen molar-refractivity contribution in [3.05, 3.63) is 102 Å². The Labute approximate surface area is 176 Å². The maximum Gasteiger partial charge on any atom is 0.218 e. The molecule has 4 aromatic rings. The molecule has 0 atom stereocenters. The van der Waals surface area contributed by atoms with Gasteiger partial charge in [-0.3, -0.25) is 0 Å². The lowest BCUT2D eigenvalue weighted by atomic mass is 10.1. The molecule has 0 spiro atoms. The smallest absolute Gasteiger partial charge is 0.218 e. The molecular formula is C25H25N3O2. The van der Waals surface area contributed by atoms with E-state index in [-0.39, 0.29) is 0 Å². The molecule has 2 heterocycles. The number of hydrogen-bond donors (Lipinski definition) is 0. The van der Waals surface area contributed by atoms with Crippen LogP contribution in [-0.2, 0) is 19.6 Å². The summed E-state index contributed by atoms with van der Waals surface area (Å²) >= 11 is 0. The van der Waals surface area contributed by atoms with Crippen molar-refractivity contribution < 1.29 is 9.15 Å². The Morgan fingerprint density at radius 1 is 1.00 bits per heavy atom. The minimum atomic E-state index is 0.382. The zero-order valence-corrected chi connectivity index (χ0v) is 16.9. The molecule has 2 aromatic carbocycles. The van der Waals surface area contributed by atoms with Crippen LogP contribution in [0.1, 0.15) is 35.6 Å². The molecule has 30 heavy (non-hydrogen) atoms. The Kier molecular flexibility index (Phi) is 6.74. The van der Waals surface area contributed by atoms with Gasteiger partial charge in [-0.1, -0.05) is 42.5 Å². The Morgan fingerprint density at radius 2 is 1.93 bits per heavy atom. The van der Waals surface area contributed by atoms with E-state index in [1.54, 1.807) is 6.26 Å². The number of rotatable bonds is 10. The number of aryl methyl sites for hydroxylation is 2. The second-order valence-corrected chi connectivity index (χ2v) is 7.11. The van der Waals surface area contributed by atoms with Crippen molar-refractivity contribution >= 4 is 12.2 Å². The Bertz CT molecular complexity index is 1050. The standard InChI is InChI=1S/C25H25N3O2/c1-2-7-21(8-3-1)12-13-25-27-23(19-30-25)18-29-24-11-6-10-22(17-24)9-4-5-15-28-16-14-26-20-28/h1-3,6-8,10-14,16-17,19-20H,4-5,9,15,18H2/b13-12+. The summed E-state index contributed by atoms with van der Waals surface area (Å²) in [4.78, 5) is 8.53. The van der Waals surface area contributed by atoms with E-state index in [1.807, 2.05) is 73.3 Å². The number of ether oxygens (including phenoxy) is 1. The first-order chi connectivity index (χ1) is 14.8. The Hall–Kier alpha value is -3.60. The van der Waals surface area contributed by atoms with Crippen molar-refractivity contribution in [2.75, 3.05) is 0 Å². The number of nitrogens with zero attached hydrogens (tertiary/aromatic N) is 3. The molecule has 0 bridgehead atoms. The summed E-state index contributed by atoms with van der Waals surface area (Å²) in [6.07, 6.45) is 14.5. The summed E-state index contributed by atoms with van der Waals surface area (Å²) in [7, 11) is 0. The molecule has 0 radical (unpaired) electrons. The van der Waals surface area contributed by atoms with Crippen molar-refractivity contribution in [1.82, 2.24) is 14.5 Å². The lowest BCUT2D eigenvalue weighted by Crippen LogP contribution is -1.97. The van der Waals surface area contributed by atoms with Gasteiger partial charge in [0, 0.05) is 25.0 Å². The van der Waals surface area contributed by atoms with E-state index in [1.165, 1.54) is 5.56 Å². The van der Waals surface area contributed by atoms with Gasteiger partial charge in [0.2, 0.25) is 5.89 Å². The van der Waals surface area contributed by atoms with Gasteiger partial charge < -0.3 is 13.7 Å². The zero-order valence-electron chi connectivity index (χ0n) is 16.9. The molecule has 0 aliphatic heterocycles. The third-order valence-electron chi connectivity index (χ3n) is 4.76. The van der Waals surface area contributed by atoms with E-state index < -0.39 is 0 Å². The molecule has 0 aliphatic carbocycles. The number of imidazole rings is 1. The third-order valence-corrected chi connectivity index (χ3v) is 4.76. The van der Waals surface area contributed by atoms with Gasteiger partial charge in [0.05, 0.1) is 6.33 Å². The molecule has 2 aromatic heterocycles. The second kappa shape index (κ2) is 10.3. The van der Waals surface area contributed by atoms with E-state index in [0.29, 0.717) is 12.5 Å². The zero-order chi connectivity index (χ0) is 20.4. The quantitative estimate of drug-likeness (QED) is 0.324. The largest absolute Gasteiger partial charge is 0.487 e. The van der Waals surface area contributed by atoms with Gasteiger partial charge in [-0.05, 0) is 48.6 Å². The monoisotopic (exact) mass is 399 g/mol. The van der Waals surface area contributed by atoms with Crippen molar-refractivity contribution in [2.24, 2.45) is 0 Å². The van der Waals surface area contributed by atoms with Crippen LogP contribution in [0.25, 0.3) is 12.2 Å². The number of hydrogen-bond acceptors (Lipinski definition) is 4. The predicted molar refractivity (Wildman–Crippen MR) is 118 cm³/mol. The van der Waals surface area contributed by atoms with Gasteiger partial charge in [0.15, 0.2) is 0 Å². The highest BCUT2D eigenvalue weighted by molar-refractivity contribution is 5.65. The van der Waals surface area contributed by atoms with E-state index in [0.717, 1.165) is 42.8 Å². The maximum absolute atomic E-state index is 5.92. The summed E-state index contributed by atoms with van der Waals surface area (Å²) in [5.74, 6) is 1.43. The molecule has 0 fully saturated rings. The van der Waals surface area contributed by atoms with E-state index in [4.69, 9.17) is 9.15 Å². The number of unbranched alkanes of at least 4 members (excludes halogenated alkanes) is 1. The van der Waals surface area contributed by atoms with Crippen LogP contribution in [0.4, 0.5) is 0 Å². The molecule has 0 saturated carbocycles. The molecule has 4 rings (SSSR count). The van der Waals surface area contributed by atoms with Crippen LogP contribution >= 0.6 is 0 Å². The molecule has 0 unspecified atom stereocenters. The first kappa shape index (κ1) is 19.7. The van der Waals surface area contributed by atoms with Crippen LogP contribution in [0.15, 0.2) is 84.0 Å². The first-order valence-corrected chi connectivity index (χ1v) is 10.2. The van der Waals surface area contributed by atoms with Crippen molar-refractivity contribution in [1.29, 1.82) is 0 Å². The van der Waals surface area contributed by atoms with Gasteiger partial charge in [0.25, 0.3) is 0 Å². The highest BCUT2D eigenvalue weighted by Gasteiger charge is 2.04. The minimum Gasteiger partial charge on any atom is -0.487 e. The minimum absolute atomic E-state index is 0.382. The number of aromatic nitrogens is 3. The van der Waals surface area contributed by atoms with E-state index in [2.05, 4.69) is 26.7 Å². The van der Waals surface area contributed by atoms with Crippen LogP contribution in [0.5, 0.6) is 5.75 Å². The van der Waals surface area contributed by atoms with Crippen molar-refractivity contribution in [3.63, 3.8) is 0 Å². The van der Waals surface area contributed by atoms with Gasteiger partial charge in [-0.2, -0.15) is 0 Å². The molecule has 5 nitrogen and oxygen atoms in total.